The molecule has 1 aliphatic rings. The summed E-state index contributed by atoms with van der Waals surface area (Å²) in [6.45, 7) is 1.81. The number of alkyl halides is 3. The number of rotatable bonds is 0. The lowest BCUT2D eigenvalue weighted by molar-refractivity contribution is -0.140. The van der Waals surface area contributed by atoms with Crippen LogP contribution >= 0.6 is 0 Å². The largest absolute Gasteiger partial charge is 0.408 e. The van der Waals surface area contributed by atoms with Gasteiger partial charge in [-0.1, -0.05) is 18.2 Å². The Balaban J connectivity index is 2.31. The summed E-state index contributed by atoms with van der Waals surface area (Å²) < 4.78 is 37.2. The molecule has 0 radical (unpaired) electrons. The van der Waals surface area contributed by atoms with Gasteiger partial charge in [0.1, 0.15) is 6.04 Å². The Morgan fingerprint density at radius 2 is 2.07 bits per heavy atom. The Bertz CT molecular complexity index is 357. The third-order valence-corrected chi connectivity index (χ3v) is 2.50. The molecule has 1 aromatic rings. The first-order valence-electron chi connectivity index (χ1n) is 4.40. The smallest absolute Gasteiger partial charge is 0.373 e. The maximum absolute atomic E-state index is 12.4. The minimum absolute atomic E-state index is 0.0422. The van der Waals surface area contributed by atoms with Gasteiger partial charge < -0.3 is 5.32 Å². The van der Waals surface area contributed by atoms with Crippen molar-refractivity contribution in [3.63, 3.8) is 0 Å². The first-order valence-corrected chi connectivity index (χ1v) is 4.40. The highest BCUT2D eigenvalue weighted by Crippen LogP contribution is 2.35. The van der Waals surface area contributed by atoms with E-state index in [0.717, 1.165) is 11.1 Å². The number of anilines is 1. The maximum Gasteiger partial charge on any atom is 0.408 e. The van der Waals surface area contributed by atoms with Crippen molar-refractivity contribution < 1.29 is 13.2 Å². The highest BCUT2D eigenvalue weighted by atomic mass is 19.4. The van der Waals surface area contributed by atoms with Crippen LogP contribution in [0.15, 0.2) is 18.2 Å². The first kappa shape index (κ1) is 9.37. The van der Waals surface area contributed by atoms with Crippen molar-refractivity contribution in [2.45, 2.75) is 25.6 Å². The van der Waals surface area contributed by atoms with Crippen molar-refractivity contribution in [2.75, 3.05) is 5.32 Å². The van der Waals surface area contributed by atoms with Gasteiger partial charge in [0.15, 0.2) is 0 Å². The van der Waals surface area contributed by atoms with Crippen LogP contribution in [0.2, 0.25) is 0 Å². The van der Waals surface area contributed by atoms with Gasteiger partial charge >= 0.3 is 6.18 Å². The fraction of sp³-hybridized carbons (Fsp3) is 0.400. The van der Waals surface area contributed by atoms with E-state index in [1.54, 1.807) is 12.1 Å². The number of fused-ring (bicyclic) bond motifs is 1. The third-order valence-electron chi connectivity index (χ3n) is 2.50. The Morgan fingerprint density at radius 1 is 1.36 bits per heavy atom. The molecular weight excluding hydrogens is 191 g/mol. The van der Waals surface area contributed by atoms with E-state index in [1.165, 1.54) is 0 Å². The molecule has 0 saturated carbocycles. The first-order chi connectivity index (χ1) is 6.48. The average molecular weight is 201 g/mol. The highest BCUT2D eigenvalue weighted by Gasteiger charge is 2.43. The van der Waals surface area contributed by atoms with Crippen molar-refractivity contribution in [3.8, 4) is 0 Å². The molecule has 76 valence electrons. The molecular formula is C10H10F3N. The molecule has 14 heavy (non-hydrogen) atoms. The molecule has 1 aliphatic heterocycles. The van der Waals surface area contributed by atoms with E-state index in [2.05, 4.69) is 5.32 Å². The Hall–Kier alpha value is -1.19. The standard InChI is InChI=1S/C10H10F3N/c1-6-3-2-4-7-5-8(10(11,12)13)14-9(6)7/h2-4,8,14H,5H2,1H3/t8-/m1/s1. The molecule has 1 aromatic carbocycles. The van der Waals surface area contributed by atoms with Gasteiger partial charge in [-0.25, -0.2) is 0 Å². The Morgan fingerprint density at radius 3 is 2.64 bits per heavy atom. The monoisotopic (exact) mass is 201 g/mol. The van der Waals surface area contributed by atoms with E-state index in [4.69, 9.17) is 0 Å². The lowest BCUT2D eigenvalue weighted by Crippen LogP contribution is -2.34. The number of hydrogen-bond donors (Lipinski definition) is 1. The molecule has 1 nitrogen and oxygen atoms in total. The predicted molar refractivity (Wildman–Crippen MR) is 48.3 cm³/mol. The fourth-order valence-corrected chi connectivity index (χ4v) is 1.75. The van der Waals surface area contributed by atoms with Crippen molar-refractivity contribution in [2.24, 2.45) is 0 Å². The number of aryl methyl sites for hydroxylation is 1. The summed E-state index contributed by atoms with van der Waals surface area (Å²) in [7, 11) is 0. The molecule has 0 spiro atoms. The van der Waals surface area contributed by atoms with Crippen LogP contribution in [0.4, 0.5) is 18.9 Å². The normalized spacial score (nSPS) is 20.4. The van der Waals surface area contributed by atoms with Crippen molar-refractivity contribution in [1.82, 2.24) is 0 Å². The highest BCUT2D eigenvalue weighted by molar-refractivity contribution is 5.62. The number of halogens is 3. The van der Waals surface area contributed by atoms with Gasteiger partial charge in [0.25, 0.3) is 0 Å². The molecule has 0 aliphatic carbocycles. The second-order valence-corrected chi connectivity index (χ2v) is 3.55. The summed E-state index contributed by atoms with van der Waals surface area (Å²) in [5, 5.41) is 2.52. The maximum atomic E-state index is 12.4. The van der Waals surface area contributed by atoms with E-state index < -0.39 is 12.2 Å². The lowest BCUT2D eigenvalue weighted by Gasteiger charge is -2.15. The summed E-state index contributed by atoms with van der Waals surface area (Å²) in [4.78, 5) is 0. The van der Waals surface area contributed by atoms with Crippen LogP contribution in [0.25, 0.3) is 0 Å². The fourth-order valence-electron chi connectivity index (χ4n) is 1.75. The van der Waals surface area contributed by atoms with Crippen LogP contribution in [-0.2, 0) is 6.42 Å². The number of benzene rings is 1. The van der Waals surface area contributed by atoms with Gasteiger partial charge in [-0.15, -0.1) is 0 Å². The molecule has 0 amide bonds. The number of hydrogen-bond acceptors (Lipinski definition) is 1. The zero-order valence-corrected chi connectivity index (χ0v) is 7.65. The van der Waals surface area contributed by atoms with Crippen LogP contribution < -0.4 is 5.32 Å². The summed E-state index contributed by atoms with van der Waals surface area (Å²) in [5.41, 5.74) is 2.27. The van der Waals surface area contributed by atoms with Crippen molar-refractivity contribution >= 4 is 5.69 Å². The van der Waals surface area contributed by atoms with E-state index in [-0.39, 0.29) is 6.42 Å². The van der Waals surface area contributed by atoms with Crippen molar-refractivity contribution in [1.29, 1.82) is 0 Å². The van der Waals surface area contributed by atoms with Gasteiger partial charge in [-0.3, -0.25) is 0 Å². The van der Waals surface area contributed by atoms with Gasteiger partial charge in [-0.05, 0) is 18.1 Å². The molecule has 1 heterocycles. The topological polar surface area (TPSA) is 12.0 Å². The lowest BCUT2D eigenvalue weighted by atomic mass is 10.1. The summed E-state index contributed by atoms with van der Waals surface area (Å²) in [6.07, 6.45) is -4.12. The van der Waals surface area contributed by atoms with E-state index in [9.17, 15) is 13.2 Å². The van der Waals surface area contributed by atoms with Crippen LogP contribution in [0.1, 0.15) is 11.1 Å². The molecule has 0 unspecified atom stereocenters. The van der Waals surface area contributed by atoms with Crippen molar-refractivity contribution in [3.05, 3.63) is 29.3 Å². The third kappa shape index (κ3) is 1.45. The van der Waals surface area contributed by atoms with E-state index in [1.807, 2.05) is 13.0 Å². The molecule has 1 atom stereocenters. The minimum atomic E-state index is -4.16. The number of para-hydroxylation sites is 1. The van der Waals surface area contributed by atoms with Gasteiger partial charge in [0.05, 0.1) is 0 Å². The second-order valence-electron chi connectivity index (χ2n) is 3.55. The van der Waals surface area contributed by atoms with Gasteiger partial charge in [0, 0.05) is 12.1 Å². The molecule has 1 N–H and O–H groups in total. The Kier molecular flexibility index (Phi) is 1.94. The SMILES string of the molecule is Cc1cccc2c1N[C@@H](C(F)(F)F)C2. The predicted octanol–water partition coefficient (Wildman–Crippen LogP) is 2.89. The summed E-state index contributed by atoms with van der Waals surface area (Å²) >= 11 is 0. The summed E-state index contributed by atoms with van der Waals surface area (Å²) in [5.74, 6) is 0. The van der Waals surface area contributed by atoms with E-state index >= 15 is 0 Å². The van der Waals surface area contributed by atoms with Gasteiger partial charge in [0.2, 0.25) is 0 Å². The minimum Gasteiger partial charge on any atom is -0.373 e. The average Bonchev–Trinajstić information content (AvgIpc) is 2.48. The van der Waals surface area contributed by atoms with Crippen LogP contribution in [-0.4, -0.2) is 12.2 Å². The van der Waals surface area contributed by atoms with Gasteiger partial charge in [-0.2, -0.15) is 13.2 Å². The van der Waals surface area contributed by atoms with Crippen LogP contribution in [0.5, 0.6) is 0 Å². The van der Waals surface area contributed by atoms with E-state index in [0.29, 0.717) is 5.69 Å². The van der Waals surface area contributed by atoms with Crippen LogP contribution in [0, 0.1) is 6.92 Å². The molecule has 0 aromatic heterocycles. The molecule has 4 heteroatoms. The zero-order valence-electron chi connectivity index (χ0n) is 7.65. The molecule has 2 rings (SSSR count). The van der Waals surface area contributed by atoms with Crippen LogP contribution in [0.3, 0.4) is 0 Å². The summed E-state index contributed by atoms with van der Waals surface area (Å²) in [6, 6.07) is 3.92. The Labute approximate surface area is 79.9 Å². The quantitative estimate of drug-likeness (QED) is 0.680. The molecule has 0 bridgehead atoms. The number of nitrogens with one attached hydrogen (secondary N) is 1. The molecule has 0 saturated heterocycles. The second kappa shape index (κ2) is 2.90. The zero-order chi connectivity index (χ0) is 10.3. The molecule has 0 fully saturated rings.